The largest absolute Gasteiger partial charge is 0.383 e. The summed E-state index contributed by atoms with van der Waals surface area (Å²) < 4.78 is 4.94. The summed E-state index contributed by atoms with van der Waals surface area (Å²) in [5.41, 5.74) is 2.66. The fourth-order valence-electron chi connectivity index (χ4n) is 2.54. The average molecular weight is 288 g/mol. The van der Waals surface area contributed by atoms with Crippen molar-refractivity contribution in [3.05, 3.63) is 42.0 Å². The molecule has 0 saturated carbocycles. The van der Waals surface area contributed by atoms with Gasteiger partial charge in [-0.1, -0.05) is 36.4 Å². The van der Waals surface area contributed by atoms with Gasteiger partial charge in [-0.3, -0.25) is 9.69 Å². The van der Waals surface area contributed by atoms with Crippen molar-refractivity contribution in [2.75, 3.05) is 33.4 Å². The number of rotatable bonds is 6. The van der Waals surface area contributed by atoms with Crippen molar-refractivity contribution >= 4 is 11.5 Å². The fraction of sp³-hybridized carbons (Fsp3) is 0.471. The van der Waals surface area contributed by atoms with E-state index in [4.69, 9.17) is 4.74 Å². The Morgan fingerprint density at radius 2 is 2.14 bits per heavy atom. The van der Waals surface area contributed by atoms with E-state index in [1.165, 1.54) is 11.1 Å². The number of hydrogen-bond acceptors (Lipinski definition) is 3. The molecule has 0 bridgehead atoms. The highest BCUT2D eigenvalue weighted by atomic mass is 16.5. The van der Waals surface area contributed by atoms with Crippen LogP contribution in [-0.4, -0.2) is 50.2 Å². The molecule has 4 nitrogen and oxygen atoms in total. The summed E-state index contributed by atoms with van der Waals surface area (Å²) in [7, 11) is 1.64. The molecule has 1 aliphatic rings. The van der Waals surface area contributed by atoms with Gasteiger partial charge < -0.3 is 10.1 Å². The third-order valence-corrected chi connectivity index (χ3v) is 3.92. The molecule has 4 heteroatoms. The molecule has 114 valence electrons. The maximum absolute atomic E-state index is 12.0. The van der Waals surface area contributed by atoms with Crippen LogP contribution < -0.4 is 5.32 Å². The quantitative estimate of drug-likeness (QED) is 0.813. The zero-order chi connectivity index (χ0) is 15.1. The Balaban J connectivity index is 1.88. The van der Waals surface area contributed by atoms with Gasteiger partial charge in [0, 0.05) is 26.7 Å². The predicted molar refractivity (Wildman–Crippen MR) is 85.0 cm³/mol. The lowest BCUT2D eigenvalue weighted by Gasteiger charge is -2.31. The second kappa shape index (κ2) is 7.96. The van der Waals surface area contributed by atoms with E-state index in [-0.39, 0.29) is 11.9 Å². The Morgan fingerprint density at radius 3 is 2.76 bits per heavy atom. The molecule has 1 aromatic carbocycles. The number of methoxy groups -OCH3 is 1. The molecular formula is C17H24N2O2. The Morgan fingerprint density at radius 1 is 1.38 bits per heavy atom. The van der Waals surface area contributed by atoms with E-state index < -0.39 is 0 Å². The van der Waals surface area contributed by atoms with Gasteiger partial charge in [-0.05, 0) is 24.5 Å². The lowest BCUT2D eigenvalue weighted by Crippen LogP contribution is -2.47. The first-order chi connectivity index (χ1) is 10.2. The van der Waals surface area contributed by atoms with Gasteiger partial charge in [0.25, 0.3) is 0 Å². The summed E-state index contributed by atoms with van der Waals surface area (Å²) in [4.78, 5) is 14.2. The van der Waals surface area contributed by atoms with Crippen LogP contribution in [0.1, 0.15) is 18.9 Å². The first kappa shape index (κ1) is 15.7. The molecule has 0 fully saturated rings. The number of amides is 1. The monoisotopic (exact) mass is 288 g/mol. The predicted octanol–water partition coefficient (Wildman–Crippen LogP) is 1.93. The molecular weight excluding hydrogens is 264 g/mol. The summed E-state index contributed by atoms with van der Waals surface area (Å²) in [6.45, 7) is 4.82. The summed E-state index contributed by atoms with van der Waals surface area (Å²) >= 11 is 0. The smallest absolute Gasteiger partial charge is 0.237 e. The molecule has 21 heavy (non-hydrogen) atoms. The van der Waals surface area contributed by atoms with E-state index >= 15 is 0 Å². The molecule has 1 aliphatic heterocycles. The van der Waals surface area contributed by atoms with Gasteiger partial charge in [-0.2, -0.15) is 0 Å². The zero-order valence-corrected chi connectivity index (χ0v) is 12.8. The van der Waals surface area contributed by atoms with Crippen LogP contribution in [0.25, 0.3) is 5.57 Å². The van der Waals surface area contributed by atoms with Gasteiger partial charge >= 0.3 is 0 Å². The Kier molecular flexibility index (Phi) is 5.96. The second-order valence-corrected chi connectivity index (χ2v) is 5.30. The normalized spacial score (nSPS) is 17.1. The van der Waals surface area contributed by atoms with Crippen molar-refractivity contribution in [2.24, 2.45) is 0 Å². The highest BCUT2D eigenvalue weighted by Gasteiger charge is 2.22. The lowest BCUT2D eigenvalue weighted by atomic mass is 9.99. The molecule has 1 amide bonds. The highest BCUT2D eigenvalue weighted by molar-refractivity contribution is 5.81. The molecule has 0 radical (unpaired) electrons. The van der Waals surface area contributed by atoms with Gasteiger partial charge in [0.2, 0.25) is 5.91 Å². The van der Waals surface area contributed by atoms with Crippen LogP contribution >= 0.6 is 0 Å². The van der Waals surface area contributed by atoms with Crippen LogP contribution in [0.2, 0.25) is 0 Å². The third kappa shape index (κ3) is 4.41. The molecule has 0 saturated heterocycles. The zero-order valence-electron chi connectivity index (χ0n) is 12.8. The van der Waals surface area contributed by atoms with Crippen LogP contribution in [0.4, 0.5) is 0 Å². The number of carbonyl (C=O) groups excluding carboxylic acids is 1. The number of ether oxygens (including phenoxy) is 1. The van der Waals surface area contributed by atoms with E-state index in [0.717, 1.165) is 19.5 Å². The average Bonchev–Trinajstić information content (AvgIpc) is 2.55. The fourth-order valence-corrected chi connectivity index (χ4v) is 2.54. The molecule has 1 aromatic rings. The standard InChI is InChI=1S/C17H24N2O2/c1-14(17(20)18-10-13-21-2)19-11-8-16(9-12-19)15-6-4-3-5-7-15/h3-8,14H,9-13H2,1-2H3,(H,18,20)/t14-/m1/s1. The number of benzene rings is 1. The molecule has 2 rings (SSSR count). The summed E-state index contributed by atoms with van der Waals surface area (Å²) in [5.74, 6) is 0.0728. The minimum atomic E-state index is -0.101. The Labute approximate surface area is 126 Å². The Hall–Kier alpha value is -1.65. The summed E-state index contributed by atoms with van der Waals surface area (Å²) in [5, 5.41) is 2.90. The molecule has 1 N–H and O–H groups in total. The molecule has 0 spiro atoms. The first-order valence-corrected chi connectivity index (χ1v) is 7.47. The van der Waals surface area contributed by atoms with Crippen molar-refractivity contribution < 1.29 is 9.53 Å². The highest BCUT2D eigenvalue weighted by Crippen LogP contribution is 2.22. The van der Waals surface area contributed by atoms with E-state index in [0.29, 0.717) is 13.2 Å². The van der Waals surface area contributed by atoms with Gasteiger partial charge in [0.15, 0.2) is 0 Å². The molecule has 0 aliphatic carbocycles. The van der Waals surface area contributed by atoms with E-state index in [1.54, 1.807) is 7.11 Å². The van der Waals surface area contributed by atoms with Crippen LogP contribution in [0, 0.1) is 0 Å². The maximum atomic E-state index is 12.0. The summed E-state index contributed by atoms with van der Waals surface area (Å²) in [6.07, 6.45) is 3.22. The first-order valence-electron chi connectivity index (χ1n) is 7.47. The number of nitrogens with one attached hydrogen (secondary N) is 1. The van der Waals surface area contributed by atoms with Gasteiger partial charge in [-0.25, -0.2) is 0 Å². The van der Waals surface area contributed by atoms with Crippen LogP contribution in [-0.2, 0) is 9.53 Å². The lowest BCUT2D eigenvalue weighted by molar-refractivity contribution is -0.125. The minimum Gasteiger partial charge on any atom is -0.383 e. The van der Waals surface area contributed by atoms with Crippen LogP contribution in [0.3, 0.4) is 0 Å². The number of carbonyl (C=O) groups is 1. The van der Waals surface area contributed by atoms with E-state index in [1.807, 2.05) is 13.0 Å². The topological polar surface area (TPSA) is 41.6 Å². The SMILES string of the molecule is COCCNC(=O)[C@@H](C)N1CC=C(c2ccccc2)CC1. The van der Waals surface area contributed by atoms with Gasteiger partial charge in [0.1, 0.15) is 0 Å². The van der Waals surface area contributed by atoms with Crippen molar-refractivity contribution in [3.63, 3.8) is 0 Å². The maximum Gasteiger partial charge on any atom is 0.237 e. The van der Waals surface area contributed by atoms with Crippen LogP contribution in [0.5, 0.6) is 0 Å². The number of hydrogen-bond donors (Lipinski definition) is 1. The summed E-state index contributed by atoms with van der Waals surface area (Å²) in [6, 6.07) is 10.3. The van der Waals surface area contributed by atoms with Crippen molar-refractivity contribution in [2.45, 2.75) is 19.4 Å². The Bertz CT molecular complexity index is 485. The van der Waals surface area contributed by atoms with Gasteiger partial charge in [0.05, 0.1) is 12.6 Å². The molecule has 0 unspecified atom stereocenters. The van der Waals surface area contributed by atoms with Gasteiger partial charge in [-0.15, -0.1) is 0 Å². The third-order valence-electron chi connectivity index (χ3n) is 3.92. The minimum absolute atomic E-state index is 0.0728. The number of nitrogens with zero attached hydrogens (tertiary/aromatic N) is 1. The van der Waals surface area contributed by atoms with Crippen molar-refractivity contribution in [1.82, 2.24) is 10.2 Å². The van der Waals surface area contributed by atoms with Crippen molar-refractivity contribution in [1.29, 1.82) is 0 Å². The molecule has 1 heterocycles. The van der Waals surface area contributed by atoms with Crippen LogP contribution in [0.15, 0.2) is 36.4 Å². The molecule has 1 atom stereocenters. The van der Waals surface area contributed by atoms with E-state index in [9.17, 15) is 4.79 Å². The second-order valence-electron chi connectivity index (χ2n) is 5.30. The van der Waals surface area contributed by atoms with E-state index in [2.05, 4.69) is 40.6 Å². The van der Waals surface area contributed by atoms with Crippen molar-refractivity contribution in [3.8, 4) is 0 Å². The molecule has 0 aromatic heterocycles.